The van der Waals surface area contributed by atoms with Gasteiger partial charge in [-0.25, -0.2) is 9.59 Å². The van der Waals surface area contributed by atoms with E-state index in [1.807, 2.05) is 4.90 Å². The van der Waals surface area contributed by atoms with Crippen LogP contribution in [0.15, 0.2) is 9.59 Å². The van der Waals surface area contributed by atoms with Crippen LogP contribution in [0.25, 0.3) is 11.2 Å². The predicted molar refractivity (Wildman–Crippen MR) is 90.9 cm³/mol. The van der Waals surface area contributed by atoms with Crippen molar-refractivity contribution < 1.29 is 9.90 Å². The molecule has 10 nitrogen and oxygen atoms in total. The average Bonchev–Trinajstić information content (AvgIpc) is 2.98. The minimum Gasteiger partial charge on any atom is -0.465 e. The number of carboxylic acid groups (broad SMARTS) is 1. The molecule has 2 aromatic rings. The second-order valence-electron chi connectivity index (χ2n) is 5.67. The summed E-state index contributed by atoms with van der Waals surface area (Å²) >= 11 is 0. The van der Waals surface area contributed by atoms with Gasteiger partial charge in [0.05, 0.1) is 6.54 Å². The van der Waals surface area contributed by atoms with Crippen molar-refractivity contribution in [3.05, 3.63) is 20.8 Å². The van der Waals surface area contributed by atoms with Gasteiger partial charge in [0.1, 0.15) is 0 Å². The highest BCUT2D eigenvalue weighted by molar-refractivity contribution is 5.74. The minimum atomic E-state index is -0.955. The van der Waals surface area contributed by atoms with Crippen LogP contribution in [0.4, 0.5) is 10.7 Å². The Balaban J connectivity index is 2.11. The third-order valence-corrected chi connectivity index (χ3v) is 4.23. The summed E-state index contributed by atoms with van der Waals surface area (Å²) in [7, 11) is 1.54. The second-order valence-corrected chi connectivity index (χ2v) is 5.67. The number of aromatic amines is 1. The molecule has 0 atom stereocenters. The molecular weight excluding hydrogens is 328 g/mol. The summed E-state index contributed by atoms with van der Waals surface area (Å²) in [5, 5.41) is 9.07. The van der Waals surface area contributed by atoms with E-state index in [0.717, 1.165) is 0 Å². The van der Waals surface area contributed by atoms with Gasteiger partial charge in [-0.05, 0) is 6.92 Å². The topological polar surface area (TPSA) is 116 Å². The first-order valence-corrected chi connectivity index (χ1v) is 7.76. The Labute approximate surface area is 142 Å². The molecule has 1 aliphatic heterocycles. The number of anilines is 1. The molecule has 1 amide bonds. The van der Waals surface area contributed by atoms with Crippen molar-refractivity contribution in [3.63, 3.8) is 0 Å². The number of H-pyrrole nitrogens is 1. The first kappa shape index (κ1) is 16.6. The number of rotatable bonds is 2. The summed E-state index contributed by atoms with van der Waals surface area (Å²) in [5.41, 5.74) is -0.493. The number of nitrogens with zero attached hydrogens (tertiary/aromatic N) is 5. The molecule has 10 heteroatoms. The molecule has 1 saturated heterocycles. The number of carbonyl (C=O) groups is 1. The molecule has 25 heavy (non-hydrogen) atoms. The Kier molecular flexibility index (Phi) is 4.22. The maximum absolute atomic E-state index is 12.3. The van der Waals surface area contributed by atoms with Crippen LogP contribution in [0.5, 0.6) is 0 Å². The lowest BCUT2D eigenvalue weighted by Gasteiger charge is -2.33. The lowest BCUT2D eigenvalue weighted by atomic mass is 10.3. The number of aryl methyl sites for hydroxylation is 1. The fourth-order valence-electron chi connectivity index (χ4n) is 2.87. The van der Waals surface area contributed by atoms with Crippen LogP contribution in [-0.2, 0) is 13.6 Å². The van der Waals surface area contributed by atoms with E-state index >= 15 is 0 Å². The van der Waals surface area contributed by atoms with Crippen molar-refractivity contribution in [1.82, 2.24) is 24.0 Å². The molecule has 0 aromatic carbocycles. The van der Waals surface area contributed by atoms with Gasteiger partial charge in [-0.1, -0.05) is 5.92 Å². The van der Waals surface area contributed by atoms with Gasteiger partial charge < -0.3 is 14.9 Å². The zero-order chi connectivity index (χ0) is 18.1. The molecule has 3 heterocycles. The van der Waals surface area contributed by atoms with Crippen LogP contribution >= 0.6 is 0 Å². The van der Waals surface area contributed by atoms with E-state index in [-0.39, 0.29) is 17.7 Å². The summed E-state index contributed by atoms with van der Waals surface area (Å²) in [6, 6.07) is 0. The Morgan fingerprint density at radius 2 is 1.96 bits per heavy atom. The SMILES string of the molecule is CC#CCn1c(N2CCN(C(=O)O)CC2)nc2c1c(=O)[nH]c(=O)n2C. The van der Waals surface area contributed by atoms with Gasteiger partial charge in [0, 0.05) is 33.2 Å². The fourth-order valence-corrected chi connectivity index (χ4v) is 2.87. The minimum absolute atomic E-state index is 0.253. The smallest absolute Gasteiger partial charge is 0.407 e. The molecule has 0 radical (unpaired) electrons. The van der Waals surface area contributed by atoms with Crippen LogP contribution in [0, 0.1) is 11.8 Å². The average molecular weight is 346 g/mol. The number of piperazine rings is 1. The molecule has 0 spiro atoms. The van der Waals surface area contributed by atoms with Gasteiger partial charge in [-0.2, -0.15) is 4.98 Å². The van der Waals surface area contributed by atoms with Crippen LogP contribution in [-0.4, -0.2) is 61.4 Å². The van der Waals surface area contributed by atoms with E-state index in [1.165, 1.54) is 16.5 Å². The molecule has 132 valence electrons. The van der Waals surface area contributed by atoms with Gasteiger partial charge in [-0.15, -0.1) is 5.92 Å². The molecule has 0 unspecified atom stereocenters. The molecule has 1 aliphatic rings. The molecule has 0 bridgehead atoms. The number of hydrogen-bond donors (Lipinski definition) is 2. The van der Waals surface area contributed by atoms with Crippen molar-refractivity contribution >= 4 is 23.2 Å². The lowest BCUT2D eigenvalue weighted by Crippen LogP contribution is -2.49. The molecular formula is C15H18N6O4. The molecule has 2 N–H and O–H groups in total. The van der Waals surface area contributed by atoms with Crippen molar-refractivity contribution in [2.24, 2.45) is 7.05 Å². The first-order valence-electron chi connectivity index (χ1n) is 7.76. The lowest BCUT2D eigenvalue weighted by molar-refractivity contribution is 0.142. The first-order chi connectivity index (χ1) is 11.9. The molecule has 1 fully saturated rings. The Morgan fingerprint density at radius 3 is 2.56 bits per heavy atom. The van der Waals surface area contributed by atoms with E-state index in [2.05, 4.69) is 21.8 Å². The van der Waals surface area contributed by atoms with Crippen LogP contribution in [0.2, 0.25) is 0 Å². The molecule has 3 rings (SSSR count). The van der Waals surface area contributed by atoms with E-state index in [9.17, 15) is 14.4 Å². The molecule has 2 aromatic heterocycles. The van der Waals surface area contributed by atoms with Gasteiger partial charge in [0.15, 0.2) is 11.2 Å². The summed E-state index contributed by atoms with van der Waals surface area (Å²) in [6.45, 7) is 3.52. The number of fused-ring (bicyclic) bond motifs is 1. The quantitative estimate of drug-likeness (QED) is 0.691. The van der Waals surface area contributed by atoms with E-state index in [4.69, 9.17) is 5.11 Å². The zero-order valence-corrected chi connectivity index (χ0v) is 13.9. The number of imidazole rings is 1. The van der Waals surface area contributed by atoms with Crippen LogP contribution < -0.4 is 16.1 Å². The standard InChI is InChI=1S/C15H18N6O4/c1-3-4-5-21-10-11(18(2)14(23)17-12(10)22)16-13(21)19-6-8-20(9-7-19)15(24)25/h5-9H2,1-2H3,(H,24,25)(H,17,22,23). The summed E-state index contributed by atoms with van der Waals surface area (Å²) < 4.78 is 2.95. The van der Waals surface area contributed by atoms with Crippen molar-refractivity contribution in [3.8, 4) is 11.8 Å². The largest absolute Gasteiger partial charge is 0.465 e. The Bertz CT molecular complexity index is 997. The highest BCUT2D eigenvalue weighted by Crippen LogP contribution is 2.20. The van der Waals surface area contributed by atoms with Gasteiger partial charge in [-0.3, -0.25) is 18.9 Å². The fraction of sp³-hybridized carbons (Fsp3) is 0.467. The van der Waals surface area contributed by atoms with Gasteiger partial charge in [0.2, 0.25) is 5.95 Å². The molecule has 0 aliphatic carbocycles. The van der Waals surface area contributed by atoms with Crippen LogP contribution in [0.1, 0.15) is 6.92 Å². The number of hydrogen-bond acceptors (Lipinski definition) is 5. The van der Waals surface area contributed by atoms with Crippen LogP contribution in [0.3, 0.4) is 0 Å². The van der Waals surface area contributed by atoms with E-state index in [1.54, 1.807) is 11.5 Å². The number of amides is 1. The summed E-state index contributed by atoms with van der Waals surface area (Å²) in [4.78, 5) is 45.2. The second kappa shape index (κ2) is 6.35. The Morgan fingerprint density at radius 1 is 1.28 bits per heavy atom. The maximum atomic E-state index is 12.3. The monoisotopic (exact) mass is 346 g/mol. The zero-order valence-electron chi connectivity index (χ0n) is 13.9. The van der Waals surface area contributed by atoms with Crippen molar-refractivity contribution in [2.75, 3.05) is 31.1 Å². The van der Waals surface area contributed by atoms with Crippen molar-refractivity contribution in [1.29, 1.82) is 0 Å². The van der Waals surface area contributed by atoms with Gasteiger partial charge >= 0.3 is 11.8 Å². The highest BCUT2D eigenvalue weighted by atomic mass is 16.4. The maximum Gasteiger partial charge on any atom is 0.407 e. The Hall–Kier alpha value is -3.22. The highest BCUT2D eigenvalue weighted by Gasteiger charge is 2.26. The molecule has 0 saturated carbocycles. The summed E-state index contributed by atoms with van der Waals surface area (Å²) in [6.07, 6.45) is -0.955. The number of nitrogens with one attached hydrogen (secondary N) is 1. The van der Waals surface area contributed by atoms with E-state index < -0.39 is 17.3 Å². The normalized spacial score (nSPS) is 14.5. The third-order valence-electron chi connectivity index (χ3n) is 4.23. The van der Waals surface area contributed by atoms with Crippen molar-refractivity contribution in [2.45, 2.75) is 13.5 Å². The van der Waals surface area contributed by atoms with Gasteiger partial charge in [0.25, 0.3) is 5.56 Å². The predicted octanol–water partition coefficient (Wildman–Crippen LogP) is -0.753. The van der Waals surface area contributed by atoms with E-state index in [0.29, 0.717) is 32.1 Å². The third kappa shape index (κ3) is 2.84. The summed E-state index contributed by atoms with van der Waals surface area (Å²) in [5.74, 6) is 6.21. The number of aromatic nitrogens is 4.